The van der Waals surface area contributed by atoms with Gasteiger partial charge < -0.3 is 15.4 Å². The number of halogens is 1. The van der Waals surface area contributed by atoms with Crippen molar-refractivity contribution >= 4 is 17.6 Å². The van der Waals surface area contributed by atoms with Crippen molar-refractivity contribution in [2.45, 2.75) is 31.4 Å². The highest BCUT2D eigenvalue weighted by molar-refractivity contribution is 6.31. The maximum atomic E-state index is 11.9. The van der Waals surface area contributed by atoms with E-state index in [4.69, 9.17) is 16.3 Å². The lowest BCUT2D eigenvalue weighted by molar-refractivity contribution is -0.0457. The number of amides is 2. The van der Waals surface area contributed by atoms with Gasteiger partial charge in [0.25, 0.3) is 0 Å². The Morgan fingerprint density at radius 2 is 2.22 bits per heavy atom. The van der Waals surface area contributed by atoms with Crippen LogP contribution >= 0.6 is 11.6 Å². The monoisotopic (exact) mass is 337 g/mol. The Labute approximate surface area is 142 Å². The minimum absolute atomic E-state index is 0.0960. The van der Waals surface area contributed by atoms with Crippen LogP contribution in [0.4, 0.5) is 4.79 Å². The van der Waals surface area contributed by atoms with Crippen molar-refractivity contribution in [3.05, 3.63) is 34.9 Å². The normalized spacial score (nSPS) is 24.2. The molecule has 2 heterocycles. The van der Waals surface area contributed by atoms with Crippen molar-refractivity contribution in [1.29, 1.82) is 0 Å². The number of rotatable bonds is 5. The summed E-state index contributed by atoms with van der Waals surface area (Å²) in [5, 5.41) is 6.51. The smallest absolute Gasteiger partial charge is 0.314 e. The second kappa shape index (κ2) is 7.99. The van der Waals surface area contributed by atoms with Gasteiger partial charge in [0.15, 0.2) is 0 Å². The molecule has 2 N–H and O–H groups in total. The summed E-state index contributed by atoms with van der Waals surface area (Å²) in [6.45, 7) is 4.00. The topological polar surface area (TPSA) is 53.6 Å². The second-order valence-corrected chi connectivity index (χ2v) is 6.63. The summed E-state index contributed by atoms with van der Waals surface area (Å²) in [4.78, 5) is 14.3. The van der Waals surface area contributed by atoms with E-state index in [0.29, 0.717) is 19.1 Å². The largest absolute Gasteiger partial charge is 0.373 e. The van der Waals surface area contributed by atoms with E-state index in [0.717, 1.165) is 36.7 Å². The number of nitrogens with one attached hydrogen (secondary N) is 2. The molecule has 23 heavy (non-hydrogen) atoms. The van der Waals surface area contributed by atoms with E-state index in [9.17, 15) is 4.79 Å². The van der Waals surface area contributed by atoms with Crippen molar-refractivity contribution in [2.75, 3.05) is 32.8 Å². The van der Waals surface area contributed by atoms with E-state index < -0.39 is 0 Å². The molecule has 0 aromatic heterocycles. The Morgan fingerprint density at radius 3 is 3.09 bits per heavy atom. The number of morpholine rings is 1. The highest BCUT2D eigenvalue weighted by atomic mass is 35.5. The zero-order chi connectivity index (χ0) is 16.1. The molecule has 0 aliphatic carbocycles. The first-order valence-corrected chi connectivity index (χ1v) is 8.71. The highest BCUT2D eigenvalue weighted by Crippen LogP contribution is 2.22. The van der Waals surface area contributed by atoms with Gasteiger partial charge in [0.05, 0.1) is 12.7 Å². The van der Waals surface area contributed by atoms with Gasteiger partial charge in [-0.25, -0.2) is 4.79 Å². The standard InChI is InChI=1S/C17H24ClN3O2/c18-16-6-2-1-4-13(16)7-8-19-17(22)20-10-15-11-21-9-3-5-14(21)12-23-15/h1-2,4,6,14-15H,3,5,7-12H2,(H2,19,20,22)/t14-,15-/m0/s1. The molecule has 0 bridgehead atoms. The Bertz CT molecular complexity index is 540. The number of ether oxygens (including phenoxy) is 1. The zero-order valence-electron chi connectivity index (χ0n) is 13.3. The van der Waals surface area contributed by atoms with Crippen LogP contribution in [0.1, 0.15) is 18.4 Å². The fraction of sp³-hybridized carbons (Fsp3) is 0.588. The molecule has 2 fully saturated rings. The Kier molecular flexibility index (Phi) is 5.75. The number of urea groups is 1. The number of fused-ring (bicyclic) bond motifs is 1. The number of carbonyl (C=O) groups excluding carboxylic acids is 1. The van der Waals surface area contributed by atoms with Crippen molar-refractivity contribution in [1.82, 2.24) is 15.5 Å². The average molecular weight is 338 g/mol. The van der Waals surface area contributed by atoms with Crippen LogP contribution in [0.2, 0.25) is 5.02 Å². The van der Waals surface area contributed by atoms with E-state index >= 15 is 0 Å². The summed E-state index contributed by atoms with van der Waals surface area (Å²) >= 11 is 6.10. The third-order valence-corrected chi connectivity index (χ3v) is 4.96. The predicted molar refractivity (Wildman–Crippen MR) is 90.9 cm³/mol. The first-order valence-electron chi connectivity index (χ1n) is 8.33. The minimum atomic E-state index is -0.149. The SMILES string of the molecule is O=C(NCCc1ccccc1Cl)NC[C@H]1CN2CCC[C@H]2CO1. The van der Waals surface area contributed by atoms with E-state index in [1.54, 1.807) is 0 Å². The maximum absolute atomic E-state index is 11.9. The van der Waals surface area contributed by atoms with Crippen LogP contribution in [-0.4, -0.2) is 55.9 Å². The van der Waals surface area contributed by atoms with E-state index in [-0.39, 0.29) is 12.1 Å². The Hall–Kier alpha value is -1.30. The van der Waals surface area contributed by atoms with Crippen LogP contribution < -0.4 is 10.6 Å². The van der Waals surface area contributed by atoms with Crippen molar-refractivity contribution in [2.24, 2.45) is 0 Å². The van der Waals surface area contributed by atoms with Crippen LogP contribution in [0.15, 0.2) is 24.3 Å². The minimum Gasteiger partial charge on any atom is -0.373 e. The van der Waals surface area contributed by atoms with Crippen LogP contribution in [0.3, 0.4) is 0 Å². The third kappa shape index (κ3) is 4.59. The van der Waals surface area contributed by atoms with Crippen LogP contribution in [0.25, 0.3) is 0 Å². The maximum Gasteiger partial charge on any atom is 0.314 e. The van der Waals surface area contributed by atoms with Gasteiger partial charge in [-0.15, -0.1) is 0 Å². The quantitative estimate of drug-likeness (QED) is 0.864. The number of nitrogens with zero attached hydrogens (tertiary/aromatic N) is 1. The Balaban J connectivity index is 1.33. The van der Waals surface area contributed by atoms with Gasteiger partial charge in [-0.1, -0.05) is 29.8 Å². The summed E-state index contributed by atoms with van der Waals surface area (Å²) in [6, 6.07) is 8.14. The lowest BCUT2D eigenvalue weighted by Gasteiger charge is -2.35. The van der Waals surface area contributed by atoms with Crippen LogP contribution in [0.5, 0.6) is 0 Å². The first-order chi connectivity index (χ1) is 11.2. The fourth-order valence-electron chi connectivity index (χ4n) is 3.29. The van der Waals surface area contributed by atoms with Crippen molar-refractivity contribution < 1.29 is 9.53 Å². The molecule has 126 valence electrons. The molecule has 2 aliphatic rings. The molecule has 0 unspecified atom stereocenters. The predicted octanol–water partition coefficient (Wildman–Crippen LogP) is 2.04. The summed E-state index contributed by atoms with van der Waals surface area (Å²) < 4.78 is 5.83. The molecule has 1 aromatic rings. The molecular weight excluding hydrogens is 314 g/mol. The summed E-state index contributed by atoms with van der Waals surface area (Å²) in [7, 11) is 0. The lowest BCUT2D eigenvalue weighted by atomic mass is 10.1. The molecule has 0 saturated carbocycles. The highest BCUT2D eigenvalue weighted by Gasteiger charge is 2.32. The fourth-order valence-corrected chi connectivity index (χ4v) is 3.52. The van der Waals surface area contributed by atoms with Gasteiger partial charge in [0, 0.05) is 30.7 Å². The number of benzene rings is 1. The molecule has 1 aromatic carbocycles. The van der Waals surface area contributed by atoms with Gasteiger partial charge in [-0.2, -0.15) is 0 Å². The molecule has 2 atom stereocenters. The van der Waals surface area contributed by atoms with Gasteiger partial charge in [0.1, 0.15) is 0 Å². The van der Waals surface area contributed by atoms with Crippen molar-refractivity contribution in [3.63, 3.8) is 0 Å². The van der Waals surface area contributed by atoms with Gasteiger partial charge in [-0.05, 0) is 37.4 Å². The molecule has 2 saturated heterocycles. The number of hydrogen-bond donors (Lipinski definition) is 2. The van der Waals surface area contributed by atoms with Gasteiger partial charge in [0.2, 0.25) is 0 Å². The van der Waals surface area contributed by atoms with E-state index in [1.165, 1.54) is 12.8 Å². The number of carbonyl (C=O) groups is 1. The van der Waals surface area contributed by atoms with E-state index in [1.807, 2.05) is 24.3 Å². The Morgan fingerprint density at radius 1 is 1.35 bits per heavy atom. The third-order valence-electron chi connectivity index (χ3n) is 4.59. The lowest BCUT2D eigenvalue weighted by Crippen LogP contribution is -2.51. The molecule has 5 nitrogen and oxygen atoms in total. The molecule has 0 spiro atoms. The second-order valence-electron chi connectivity index (χ2n) is 6.22. The van der Waals surface area contributed by atoms with Crippen LogP contribution in [0, 0.1) is 0 Å². The molecule has 2 aliphatic heterocycles. The molecule has 6 heteroatoms. The van der Waals surface area contributed by atoms with Crippen molar-refractivity contribution in [3.8, 4) is 0 Å². The molecule has 0 radical (unpaired) electrons. The summed E-state index contributed by atoms with van der Waals surface area (Å²) in [5.74, 6) is 0. The average Bonchev–Trinajstić information content (AvgIpc) is 3.02. The van der Waals surface area contributed by atoms with E-state index in [2.05, 4.69) is 15.5 Å². The van der Waals surface area contributed by atoms with Gasteiger partial charge >= 0.3 is 6.03 Å². The summed E-state index contributed by atoms with van der Waals surface area (Å²) in [6.07, 6.45) is 3.32. The molecular formula is C17H24ClN3O2. The number of hydrogen-bond acceptors (Lipinski definition) is 3. The molecule has 2 amide bonds. The zero-order valence-corrected chi connectivity index (χ0v) is 14.0. The molecule has 3 rings (SSSR count). The first kappa shape index (κ1) is 16.6. The summed E-state index contributed by atoms with van der Waals surface area (Å²) in [5.41, 5.74) is 1.05. The van der Waals surface area contributed by atoms with Gasteiger partial charge in [-0.3, -0.25) is 4.90 Å². The van der Waals surface area contributed by atoms with Crippen LogP contribution in [-0.2, 0) is 11.2 Å².